The molecule has 26 heavy (non-hydrogen) atoms. The summed E-state index contributed by atoms with van der Waals surface area (Å²) in [6.45, 7) is 3.96. The van der Waals surface area contributed by atoms with Crippen LogP contribution in [0.3, 0.4) is 0 Å². The zero-order valence-corrected chi connectivity index (χ0v) is 15.3. The first-order valence-corrected chi connectivity index (χ1v) is 8.29. The van der Waals surface area contributed by atoms with E-state index >= 15 is 0 Å². The molecule has 0 saturated carbocycles. The number of benzene rings is 1. The maximum atomic E-state index is 12.2. The molecule has 10 heteroatoms. The van der Waals surface area contributed by atoms with Crippen LogP contribution >= 0.6 is 15.9 Å². The Morgan fingerprint density at radius 3 is 2.96 bits per heavy atom. The summed E-state index contributed by atoms with van der Waals surface area (Å²) in [6, 6.07) is 4.94. The van der Waals surface area contributed by atoms with Gasteiger partial charge in [0, 0.05) is 23.6 Å². The Labute approximate surface area is 155 Å². The first-order valence-electron chi connectivity index (χ1n) is 7.50. The highest BCUT2D eigenvalue weighted by Gasteiger charge is 2.16. The molecule has 0 bridgehead atoms. The second-order valence-electron chi connectivity index (χ2n) is 5.40. The summed E-state index contributed by atoms with van der Waals surface area (Å²) in [5.74, 6) is 0.328. The number of allylic oxidation sites excluding steroid dienone is 1. The van der Waals surface area contributed by atoms with Gasteiger partial charge in [0.05, 0.1) is 6.21 Å². The summed E-state index contributed by atoms with van der Waals surface area (Å²) in [5, 5.41) is 13.9. The van der Waals surface area contributed by atoms with E-state index in [9.17, 15) is 14.7 Å². The van der Waals surface area contributed by atoms with E-state index in [0.29, 0.717) is 5.56 Å². The van der Waals surface area contributed by atoms with E-state index in [1.165, 1.54) is 23.9 Å². The second-order valence-corrected chi connectivity index (χ2v) is 6.31. The maximum absolute atomic E-state index is 12.2. The lowest BCUT2D eigenvalue weighted by Gasteiger charge is -2.05. The molecule has 2 heterocycles. The molecule has 3 rings (SSSR count). The fourth-order valence-electron chi connectivity index (χ4n) is 2.42. The predicted octanol–water partition coefficient (Wildman–Crippen LogP) is 1.52. The number of hydrogen-bond donors (Lipinski definition) is 3. The number of anilines is 1. The number of hydrazone groups is 1. The SMILES string of the molecule is C=CCn1c(NN=Cc2cc(Br)ccc2O)nc2c1c(=O)[nH]c(=O)n2C. The summed E-state index contributed by atoms with van der Waals surface area (Å²) in [7, 11) is 1.51. The number of phenols is 1. The van der Waals surface area contributed by atoms with Crippen molar-refractivity contribution in [3.05, 3.63) is 61.7 Å². The van der Waals surface area contributed by atoms with Gasteiger partial charge in [-0.2, -0.15) is 10.1 Å². The largest absolute Gasteiger partial charge is 0.507 e. The van der Waals surface area contributed by atoms with Gasteiger partial charge < -0.3 is 5.11 Å². The molecule has 0 atom stereocenters. The number of fused-ring (bicyclic) bond motifs is 1. The zero-order chi connectivity index (χ0) is 18.8. The Bertz CT molecular complexity index is 1140. The average molecular weight is 419 g/mol. The van der Waals surface area contributed by atoms with Crippen LogP contribution in [-0.4, -0.2) is 30.4 Å². The number of rotatable bonds is 5. The van der Waals surface area contributed by atoms with E-state index < -0.39 is 11.2 Å². The van der Waals surface area contributed by atoms with Crippen LogP contribution < -0.4 is 16.7 Å². The molecule has 0 unspecified atom stereocenters. The average Bonchev–Trinajstić information content (AvgIpc) is 2.95. The number of aryl methyl sites for hydroxylation is 1. The molecule has 0 spiro atoms. The van der Waals surface area contributed by atoms with Gasteiger partial charge in [-0.05, 0) is 18.2 Å². The number of imidazole rings is 1. The number of phenolic OH excluding ortho intramolecular Hbond substituents is 1. The first kappa shape index (κ1) is 17.7. The molecule has 3 N–H and O–H groups in total. The van der Waals surface area contributed by atoms with Gasteiger partial charge in [0.1, 0.15) is 5.75 Å². The molecule has 0 aliphatic carbocycles. The minimum Gasteiger partial charge on any atom is -0.507 e. The normalized spacial score (nSPS) is 11.3. The molecule has 0 radical (unpaired) electrons. The Hall–Kier alpha value is -3.14. The van der Waals surface area contributed by atoms with E-state index in [4.69, 9.17) is 0 Å². The van der Waals surface area contributed by atoms with Crippen molar-refractivity contribution in [1.82, 2.24) is 19.1 Å². The van der Waals surface area contributed by atoms with E-state index in [0.717, 1.165) is 4.47 Å². The Kier molecular flexibility index (Phi) is 4.76. The van der Waals surface area contributed by atoms with Crippen LogP contribution in [0, 0.1) is 0 Å². The van der Waals surface area contributed by atoms with Crippen LogP contribution in [0.1, 0.15) is 5.56 Å². The molecule has 2 aromatic heterocycles. The first-order chi connectivity index (χ1) is 12.4. The van der Waals surface area contributed by atoms with E-state index in [1.54, 1.807) is 22.8 Å². The number of nitrogens with one attached hydrogen (secondary N) is 2. The quantitative estimate of drug-likeness (QED) is 0.329. The number of aromatic amines is 1. The third-order valence-corrected chi connectivity index (χ3v) is 4.17. The molecule has 0 aliphatic heterocycles. The fraction of sp³-hybridized carbons (Fsp3) is 0.125. The van der Waals surface area contributed by atoms with Gasteiger partial charge in [0.2, 0.25) is 5.95 Å². The maximum Gasteiger partial charge on any atom is 0.329 e. The van der Waals surface area contributed by atoms with Crippen molar-refractivity contribution in [3.63, 3.8) is 0 Å². The highest BCUT2D eigenvalue weighted by molar-refractivity contribution is 9.10. The number of halogens is 1. The van der Waals surface area contributed by atoms with Gasteiger partial charge in [-0.25, -0.2) is 10.2 Å². The predicted molar refractivity (Wildman–Crippen MR) is 103 cm³/mol. The third-order valence-electron chi connectivity index (χ3n) is 3.68. The van der Waals surface area contributed by atoms with Crippen LogP contribution in [0.5, 0.6) is 5.75 Å². The topological polar surface area (TPSA) is 117 Å². The van der Waals surface area contributed by atoms with Crippen LogP contribution in [0.25, 0.3) is 11.2 Å². The third kappa shape index (κ3) is 3.18. The van der Waals surface area contributed by atoms with Crippen LogP contribution in [0.15, 0.2) is 50.0 Å². The summed E-state index contributed by atoms with van der Waals surface area (Å²) in [4.78, 5) is 30.5. The summed E-state index contributed by atoms with van der Waals surface area (Å²) in [5.41, 5.74) is 2.58. The highest BCUT2D eigenvalue weighted by atomic mass is 79.9. The minimum atomic E-state index is -0.556. The molecule has 134 valence electrons. The van der Waals surface area contributed by atoms with Crippen LogP contribution in [0.4, 0.5) is 5.95 Å². The standard InChI is InChI=1S/C16H15BrN6O3/c1-3-6-23-12-13(22(2)16(26)20-14(12)25)19-15(23)21-18-8-9-7-10(17)4-5-11(9)24/h3-5,7-8,24H,1,6H2,2H3,(H,19,21)(H,20,25,26). The molecule has 0 amide bonds. The lowest BCUT2D eigenvalue weighted by Crippen LogP contribution is -2.29. The van der Waals surface area contributed by atoms with Gasteiger partial charge >= 0.3 is 5.69 Å². The van der Waals surface area contributed by atoms with Gasteiger partial charge in [-0.3, -0.25) is 18.9 Å². The van der Waals surface area contributed by atoms with Crippen LogP contribution in [-0.2, 0) is 13.6 Å². The molecule has 9 nitrogen and oxygen atoms in total. The van der Waals surface area contributed by atoms with Crippen molar-refractivity contribution in [1.29, 1.82) is 0 Å². The lowest BCUT2D eigenvalue weighted by molar-refractivity contribution is 0.474. The zero-order valence-electron chi connectivity index (χ0n) is 13.7. The van der Waals surface area contributed by atoms with Crippen molar-refractivity contribution in [2.24, 2.45) is 12.1 Å². The molecular weight excluding hydrogens is 404 g/mol. The summed E-state index contributed by atoms with van der Waals surface area (Å²) in [6.07, 6.45) is 3.02. The van der Waals surface area contributed by atoms with Crippen LogP contribution in [0.2, 0.25) is 0 Å². The van der Waals surface area contributed by atoms with Crippen molar-refractivity contribution in [2.75, 3.05) is 5.43 Å². The number of H-pyrrole nitrogens is 1. The van der Waals surface area contributed by atoms with E-state index in [1.807, 2.05) is 0 Å². The number of aromatic hydroxyl groups is 1. The van der Waals surface area contributed by atoms with Crippen molar-refractivity contribution in [3.8, 4) is 5.75 Å². The summed E-state index contributed by atoms with van der Waals surface area (Å²) >= 11 is 3.32. The van der Waals surface area contributed by atoms with Crippen molar-refractivity contribution >= 4 is 39.3 Å². The highest BCUT2D eigenvalue weighted by Crippen LogP contribution is 2.20. The number of nitrogens with zero attached hydrogens (tertiary/aromatic N) is 4. The number of hydrogen-bond acceptors (Lipinski definition) is 6. The number of aromatic nitrogens is 4. The van der Waals surface area contributed by atoms with Crippen molar-refractivity contribution < 1.29 is 5.11 Å². The minimum absolute atomic E-state index is 0.0668. The van der Waals surface area contributed by atoms with Gasteiger partial charge in [-0.1, -0.05) is 22.0 Å². The molecule has 0 saturated heterocycles. The Balaban J connectivity index is 2.04. The van der Waals surface area contributed by atoms with Gasteiger partial charge in [0.15, 0.2) is 11.2 Å². The van der Waals surface area contributed by atoms with Gasteiger partial charge in [0.25, 0.3) is 5.56 Å². The Morgan fingerprint density at radius 1 is 1.46 bits per heavy atom. The van der Waals surface area contributed by atoms with Crippen molar-refractivity contribution in [2.45, 2.75) is 6.54 Å². The summed E-state index contributed by atoms with van der Waals surface area (Å²) < 4.78 is 3.58. The molecule has 1 aromatic carbocycles. The molecule has 3 aromatic rings. The fourth-order valence-corrected chi connectivity index (χ4v) is 2.79. The molecular formula is C16H15BrN6O3. The molecule has 0 fully saturated rings. The van der Waals surface area contributed by atoms with Gasteiger partial charge in [-0.15, -0.1) is 6.58 Å². The Morgan fingerprint density at radius 2 is 2.23 bits per heavy atom. The molecule has 0 aliphatic rings. The monoisotopic (exact) mass is 418 g/mol. The smallest absolute Gasteiger partial charge is 0.329 e. The second kappa shape index (κ2) is 7.00. The van der Waals surface area contributed by atoms with E-state index in [-0.39, 0.29) is 29.4 Å². The van der Waals surface area contributed by atoms with E-state index in [2.05, 4.69) is 43.0 Å². The lowest BCUT2D eigenvalue weighted by atomic mass is 10.2.